The maximum Gasteiger partial charge on any atom is 0.0599 e. The molecule has 4 fully saturated rings. The van der Waals surface area contributed by atoms with Crippen LogP contribution in [0.1, 0.15) is 45.4 Å². The van der Waals surface area contributed by atoms with E-state index in [2.05, 4.69) is 6.92 Å². The zero-order valence-electron chi connectivity index (χ0n) is 9.46. The average molecular weight is 194 g/mol. The topological polar surface area (TPSA) is 9.23 Å². The van der Waals surface area contributed by atoms with Gasteiger partial charge in [-0.2, -0.15) is 0 Å². The van der Waals surface area contributed by atoms with Gasteiger partial charge in [-0.25, -0.2) is 0 Å². The molecule has 0 heterocycles. The van der Waals surface area contributed by atoms with E-state index in [1.54, 1.807) is 0 Å². The first-order valence-electron chi connectivity index (χ1n) is 6.24. The summed E-state index contributed by atoms with van der Waals surface area (Å²) in [6, 6.07) is 0. The maximum atomic E-state index is 5.64. The van der Waals surface area contributed by atoms with Crippen molar-refractivity contribution in [2.45, 2.75) is 51.6 Å². The largest absolute Gasteiger partial charge is 0.381 e. The smallest absolute Gasteiger partial charge is 0.0599 e. The Bertz CT molecular complexity index is 198. The van der Waals surface area contributed by atoms with Crippen molar-refractivity contribution in [2.24, 2.45) is 23.2 Å². The second-order valence-electron chi connectivity index (χ2n) is 6.16. The van der Waals surface area contributed by atoms with Gasteiger partial charge in [0.1, 0.15) is 0 Å². The molecular formula is C13H22O. The molecule has 0 saturated heterocycles. The molecule has 0 radical (unpaired) electrons. The van der Waals surface area contributed by atoms with Crippen LogP contribution in [0, 0.1) is 23.2 Å². The van der Waals surface area contributed by atoms with E-state index in [0.29, 0.717) is 11.5 Å². The minimum Gasteiger partial charge on any atom is -0.381 e. The lowest BCUT2D eigenvalue weighted by atomic mass is 9.48. The van der Waals surface area contributed by atoms with Gasteiger partial charge in [0.2, 0.25) is 0 Å². The zero-order valence-corrected chi connectivity index (χ0v) is 9.46. The molecule has 4 saturated carbocycles. The first-order chi connectivity index (χ1) is 6.72. The van der Waals surface area contributed by atoms with E-state index < -0.39 is 0 Å². The van der Waals surface area contributed by atoms with Crippen LogP contribution in [0.5, 0.6) is 0 Å². The summed E-state index contributed by atoms with van der Waals surface area (Å²) in [6.07, 6.45) is 9.51. The highest BCUT2D eigenvalue weighted by molar-refractivity contribution is 5.03. The second kappa shape index (κ2) is 2.98. The lowest BCUT2D eigenvalue weighted by molar-refractivity contribution is -0.125. The summed E-state index contributed by atoms with van der Waals surface area (Å²) in [5, 5.41) is 0. The maximum absolute atomic E-state index is 5.64. The molecule has 1 nitrogen and oxygen atoms in total. The highest BCUT2D eigenvalue weighted by Crippen LogP contribution is 2.61. The van der Waals surface area contributed by atoms with Crippen LogP contribution < -0.4 is 0 Å². The number of ether oxygens (including phenoxy) is 1. The third-order valence-electron chi connectivity index (χ3n) is 5.30. The van der Waals surface area contributed by atoms with Crippen LogP contribution in [0.25, 0.3) is 0 Å². The van der Waals surface area contributed by atoms with E-state index in [4.69, 9.17) is 4.74 Å². The Morgan fingerprint density at radius 2 is 1.43 bits per heavy atom. The molecule has 4 rings (SSSR count). The van der Waals surface area contributed by atoms with Crippen LogP contribution in [-0.2, 0) is 4.74 Å². The van der Waals surface area contributed by atoms with Gasteiger partial charge in [0.25, 0.3) is 0 Å². The molecule has 1 heteroatoms. The van der Waals surface area contributed by atoms with Crippen LogP contribution in [0.3, 0.4) is 0 Å². The van der Waals surface area contributed by atoms with Crippen molar-refractivity contribution in [3.05, 3.63) is 0 Å². The van der Waals surface area contributed by atoms with E-state index in [1.807, 2.05) is 7.11 Å². The molecule has 0 aliphatic heterocycles. The predicted octanol–water partition coefficient (Wildman–Crippen LogP) is 3.24. The Labute approximate surface area is 87.2 Å². The lowest BCUT2D eigenvalue weighted by Gasteiger charge is -2.58. The summed E-state index contributed by atoms with van der Waals surface area (Å²) in [4.78, 5) is 0. The SMILES string of the molecule is COC(C)C12CC3CC(CC(C3)C1)C2. The highest BCUT2D eigenvalue weighted by atomic mass is 16.5. The van der Waals surface area contributed by atoms with E-state index in [0.717, 1.165) is 17.8 Å². The van der Waals surface area contributed by atoms with E-state index >= 15 is 0 Å². The van der Waals surface area contributed by atoms with Gasteiger partial charge in [0.05, 0.1) is 6.10 Å². The van der Waals surface area contributed by atoms with Gasteiger partial charge in [-0.05, 0) is 68.6 Å². The Morgan fingerprint density at radius 1 is 1.00 bits per heavy atom. The summed E-state index contributed by atoms with van der Waals surface area (Å²) in [5.41, 5.74) is 0.587. The Morgan fingerprint density at radius 3 is 1.79 bits per heavy atom. The number of rotatable bonds is 2. The fraction of sp³-hybridized carbons (Fsp3) is 1.00. The fourth-order valence-corrected chi connectivity index (χ4v) is 4.93. The Kier molecular flexibility index (Phi) is 1.96. The molecule has 4 bridgehead atoms. The molecule has 0 amide bonds. The minimum absolute atomic E-state index is 0.496. The molecule has 80 valence electrons. The number of methoxy groups -OCH3 is 1. The van der Waals surface area contributed by atoms with Crippen LogP contribution in [0.4, 0.5) is 0 Å². The Balaban J connectivity index is 1.87. The molecule has 4 aliphatic carbocycles. The summed E-state index contributed by atoms with van der Waals surface area (Å²) < 4.78 is 5.64. The minimum atomic E-state index is 0.496. The van der Waals surface area contributed by atoms with Crippen LogP contribution in [-0.4, -0.2) is 13.2 Å². The van der Waals surface area contributed by atoms with Gasteiger partial charge in [0.15, 0.2) is 0 Å². The van der Waals surface area contributed by atoms with Crippen LogP contribution in [0.15, 0.2) is 0 Å². The van der Waals surface area contributed by atoms with Gasteiger partial charge in [-0.1, -0.05) is 0 Å². The van der Waals surface area contributed by atoms with Crippen molar-refractivity contribution >= 4 is 0 Å². The van der Waals surface area contributed by atoms with E-state index in [-0.39, 0.29) is 0 Å². The van der Waals surface area contributed by atoms with E-state index in [9.17, 15) is 0 Å². The van der Waals surface area contributed by atoms with Crippen molar-refractivity contribution in [1.82, 2.24) is 0 Å². The molecule has 4 aliphatic rings. The normalized spacial score (nSPS) is 52.3. The van der Waals surface area contributed by atoms with Gasteiger partial charge < -0.3 is 4.74 Å². The summed E-state index contributed by atoms with van der Waals surface area (Å²) in [7, 11) is 1.89. The van der Waals surface area contributed by atoms with Crippen molar-refractivity contribution in [2.75, 3.05) is 7.11 Å². The number of hydrogen-bond acceptors (Lipinski definition) is 1. The van der Waals surface area contributed by atoms with Crippen LogP contribution in [0.2, 0.25) is 0 Å². The fourth-order valence-electron chi connectivity index (χ4n) is 4.93. The van der Waals surface area contributed by atoms with E-state index in [1.165, 1.54) is 38.5 Å². The van der Waals surface area contributed by atoms with Gasteiger partial charge in [-0.3, -0.25) is 0 Å². The second-order valence-corrected chi connectivity index (χ2v) is 6.16. The molecule has 0 aromatic rings. The molecule has 0 N–H and O–H groups in total. The molecule has 1 unspecified atom stereocenters. The quantitative estimate of drug-likeness (QED) is 0.655. The van der Waals surface area contributed by atoms with Gasteiger partial charge in [0, 0.05) is 7.11 Å². The summed E-state index contributed by atoms with van der Waals surface area (Å²) in [5.74, 6) is 3.16. The van der Waals surface area contributed by atoms with Crippen molar-refractivity contribution in [3.63, 3.8) is 0 Å². The molecule has 1 atom stereocenters. The molecular weight excluding hydrogens is 172 g/mol. The summed E-state index contributed by atoms with van der Waals surface area (Å²) in [6.45, 7) is 2.30. The van der Waals surface area contributed by atoms with Crippen LogP contribution >= 0.6 is 0 Å². The monoisotopic (exact) mass is 194 g/mol. The molecule has 14 heavy (non-hydrogen) atoms. The lowest BCUT2D eigenvalue weighted by Crippen LogP contribution is -2.51. The zero-order chi connectivity index (χ0) is 9.76. The average Bonchev–Trinajstić information content (AvgIpc) is 2.14. The van der Waals surface area contributed by atoms with Gasteiger partial charge >= 0.3 is 0 Å². The first-order valence-corrected chi connectivity index (χ1v) is 6.24. The van der Waals surface area contributed by atoms with Crippen molar-refractivity contribution in [1.29, 1.82) is 0 Å². The number of hydrogen-bond donors (Lipinski definition) is 0. The van der Waals surface area contributed by atoms with Crippen molar-refractivity contribution < 1.29 is 4.74 Å². The molecule has 0 aromatic carbocycles. The molecule has 0 spiro atoms. The first kappa shape index (κ1) is 9.21. The third kappa shape index (κ3) is 1.18. The standard InChI is InChI=1S/C13H22O/c1-9(14-2)13-6-10-3-11(7-13)5-12(4-10)8-13/h9-12H,3-8H2,1-2H3. The van der Waals surface area contributed by atoms with Crippen molar-refractivity contribution in [3.8, 4) is 0 Å². The third-order valence-corrected chi connectivity index (χ3v) is 5.30. The van der Waals surface area contributed by atoms with Gasteiger partial charge in [-0.15, -0.1) is 0 Å². The summed E-state index contributed by atoms with van der Waals surface area (Å²) >= 11 is 0. The molecule has 0 aromatic heterocycles. The predicted molar refractivity (Wildman–Crippen MR) is 57.1 cm³/mol. The Hall–Kier alpha value is -0.0400. The highest BCUT2D eigenvalue weighted by Gasteiger charge is 2.53.